The van der Waals surface area contributed by atoms with Gasteiger partial charge in [0, 0.05) is 0 Å². The molecule has 1 fully saturated rings. The fourth-order valence-corrected chi connectivity index (χ4v) is 3.73. The number of carbonyl (C=O) groups is 2. The van der Waals surface area contributed by atoms with E-state index in [2.05, 4.69) is 5.32 Å². The van der Waals surface area contributed by atoms with Gasteiger partial charge in [-0.1, -0.05) is 6.07 Å². The van der Waals surface area contributed by atoms with Gasteiger partial charge in [-0.3, -0.25) is 10.1 Å². The number of ether oxygens (including phenoxy) is 1. The highest BCUT2D eigenvalue weighted by Crippen LogP contribution is 2.39. The predicted molar refractivity (Wildman–Crippen MR) is 94.0 cm³/mol. The lowest BCUT2D eigenvalue weighted by atomic mass is 10.1. The Morgan fingerprint density at radius 1 is 1.14 bits per heavy atom. The third-order valence-electron chi connectivity index (χ3n) is 5.09. The SMILES string of the molecule is Cc1cc(C(F)(F)F)ccc1Oc1ccc2c(c1)CCC2N1CC(=O)NC1=O. The number of aryl methyl sites for hydroxylation is 2. The zero-order valence-electron chi connectivity index (χ0n) is 15.0. The highest BCUT2D eigenvalue weighted by Gasteiger charge is 2.37. The Labute approximate surface area is 159 Å². The largest absolute Gasteiger partial charge is 0.457 e. The van der Waals surface area contributed by atoms with Crippen LogP contribution >= 0.6 is 0 Å². The summed E-state index contributed by atoms with van der Waals surface area (Å²) in [5, 5.41) is 2.28. The number of hydrogen-bond acceptors (Lipinski definition) is 3. The lowest BCUT2D eigenvalue weighted by Gasteiger charge is -2.22. The molecule has 146 valence electrons. The summed E-state index contributed by atoms with van der Waals surface area (Å²) in [7, 11) is 0. The topological polar surface area (TPSA) is 58.6 Å². The van der Waals surface area contributed by atoms with Crippen molar-refractivity contribution in [2.75, 3.05) is 6.54 Å². The molecular formula is C20H17F3N2O3. The summed E-state index contributed by atoms with van der Waals surface area (Å²) in [6.45, 7) is 1.61. The molecular weight excluding hydrogens is 373 g/mol. The highest BCUT2D eigenvalue weighted by molar-refractivity contribution is 6.02. The van der Waals surface area contributed by atoms with Crippen molar-refractivity contribution < 1.29 is 27.5 Å². The Kier molecular flexibility index (Phi) is 4.28. The number of benzene rings is 2. The van der Waals surface area contributed by atoms with Crippen LogP contribution < -0.4 is 10.1 Å². The molecule has 4 rings (SSSR count). The monoisotopic (exact) mass is 390 g/mol. The Morgan fingerprint density at radius 2 is 1.93 bits per heavy atom. The van der Waals surface area contributed by atoms with Crippen molar-refractivity contribution in [3.63, 3.8) is 0 Å². The summed E-state index contributed by atoms with van der Waals surface area (Å²) in [5.74, 6) is 0.562. The van der Waals surface area contributed by atoms with E-state index in [0.717, 1.165) is 29.7 Å². The smallest absolute Gasteiger partial charge is 0.416 e. The van der Waals surface area contributed by atoms with Gasteiger partial charge in [-0.2, -0.15) is 13.2 Å². The molecule has 28 heavy (non-hydrogen) atoms. The van der Waals surface area contributed by atoms with E-state index >= 15 is 0 Å². The predicted octanol–water partition coefficient (Wildman–Crippen LogP) is 4.35. The number of halogens is 3. The summed E-state index contributed by atoms with van der Waals surface area (Å²) < 4.78 is 44.2. The number of nitrogens with one attached hydrogen (secondary N) is 1. The normalized spacial score (nSPS) is 19.0. The van der Waals surface area contributed by atoms with E-state index in [1.54, 1.807) is 13.0 Å². The maximum absolute atomic E-state index is 12.8. The summed E-state index contributed by atoms with van der Waals surface area (Å²) >= 11 is 0. The quantitative estimate of drug-likeness (QED) is 0.793. The van der Waals surface area contributed by atoms with Crippen LogP contribution in [0, 0.1) is 6.92 Å². The average molecular weight is 390 g/mol. The molecule has 0 bridgehead atoms. The molecule has 3 amide bonds. The van der Waals surface area contributed by atoms with Crippen molar-refractivity contribution in [1.82, 2.24) is 10.2 Å². The molecule has 1 saturated heterocycles. The van der Waals surface area contributed by atoms with Crippen LogP contribution in [-0.4, -0.2) is 23.4 Å². The van der Waals surface area contributed by atoms with E-state index in [-0.39, 0.29) is 24.5 Å². The number of carbonyl (C=O) groups excluding carboxylic acids is 2. The van der Waals surface area contributed by atoms with Crippen LogP contribution in [0.3, 0.4) is 0 Å². The number of hydrogen-bond donors (Lipinski definition) is 1. The molecule has 1 unspecified atom stereocenters. The minimum absolute atomic E-state index is 0.0476. The second-order valence-corrected chi connectivity index (χ2v) is 6.98. The molecule has 0 radical (unpaired) electrons. The molecule has 1 aliphatic heterocycles. The Bertz CT molecular complexity index is 972. The first-order valence-electron chi connectivity index (χ1n) is 8.81. The number of nitrogens with zero attached hydrogens (tertiary/aromatic N) is 1. The summed E-state index contributed by atoms with van der Waals surface area (Å²) in [5.41, 5.74) is 1.63. The van der Waals surface area contributed by atoms with Gasteiger partial charge in [-0.25, -0.2) is 4.79 Å². The maximum atomic E-state index is 12.8. The molecule has 0 saturated carbocycles. The standard InChI is InChI=1S/C20H17F3N2O3/c1-11-8-13(20(21,22)23)3-7-17(11)28-14-4-5-15-12(9-14)2-6-16(15)25-10-18(26)24-19(25)27/h3-5,7-9,16H,2,6,10H2,1H3,(H,24,26,27). The van der Waals surface area contributed by atoms with Crippen LogP contribution in [0.2, 0.25) is 0 Å². The second-order valence-electron chi connectivity index (χ2n) is 6.98. The highest BCUT2D eigenvalue weighted by atomic mass is 19.4. The third-order valence-corrected chi connectivity index (χ3v) is 5.09. The van der Waals surface area contributed by atoms with Crippen molar-refractivity contribution >= 4 is 11.9 Å². The van der Waals surface area contributed by atoms with Gasteiger partial charge in [0.25, 0.3) is 0 Å². The van der Waals surface area contributed by atoms with E-state index in [4.69, 9.17) is 4.74 Å². The van der Waals surface area contributed by atoms with E-state index < -0.39 is 11.7 Å². The summed E-state index contributed by atoms with van der Waals surface area (Å²) in [4.78, 5) is 24.9. The van der Waals surface area contributed by atoms with Gasteiger partial charge in [-0.15, -0.1) is 0 Å². The molecule has 2 aromatic rings. The molecule has 8 heteroatoms. The third kappa shape index (κ3) is 3.30. The Balaban J connectivity index is 1.54. The number of fused-ring (bicyclic) bond motifs is 1. The molecule has 2 aromatic carbocycles. The molecule has 0 aromatic heterocycles. The van der Waals surface area contributed by atoms with E-state index in [1.165, 1.54) is 11.0 Å². The maximum Gasteiger partial charge on any atom is 0.416 e. The lowest BCUT2D eigenvalue weighted by molar-refractivity contribution is -0.137. The molecule has 1 aliphatic carbocycles. The van der Waals surface area contributed by atoms with Gasteiger partial charge in [0.1, 0.15) is 18.0 Å². The fraction of sp³-hybridized carbons (Fsp3) is 0.300. The number of urea groups is 1. The zero-order chi connectivity index (χ0) is 20.1. The fourth-order valence-electron chi connectivity index (χ4n) is 3.73. The van der Waals surface area contributed by atoms with Crippen LogP contribution in [0.5, 0.6) is 11.5 Å². The van der Waals surface area contributed by atoms with E-state index in [1.807, 2.05) is 12.1 Å². The summed E-state index contributed by atoms with van der Waals surface area (Å²) in [6, 6.07) is 8.22. The number of alkyl halides is 3. The van der Waals surface area contributed by atoms with E-state index in [9.17, 15) is 22.8 Å². The van der Waals surface area contributed by atoms with Gasteiger partial charge in [0.15, 0.2) is 0 Å². The Hall–Kier alpha value is -3.03. The van der Waals surface area contributed by atoms with Crippen molar-refractivity contribution in [2.45, 2.75) is 32.0 Å². The van der Waals surface area contributed by atoms with Crippen LogP contribution in [0.4, 0.5) is 18.0 Å². The number of imide groups is 1. The van der Waals surface area contributed by atoms with Crippen LogP contribution in [0.25, 0.3) is 0 Å². The minimum Gasteiger partial charge on any atom is -0.457 e. The van der Waals surface area contributed by atoms with Crippen molar-refractivity contribution in [3.8, 4) is 11.5 Å². The van der Waals surface area contributed by atoms with Crippen molar-refractivity contribution in [3.05, 3.63) is 58.7 Å². The van der Waals surface area contributed by atoms with Crippen LogP contribution in [0.15, 0.2) is 36.4 Å². The molecule has 5 nitrogen and oxygen atoms in total. The average Bonchev–Trinajstić information content (AvgIpc) is 3.17. The molecule has 1 N–H and O–H groups in total. The van der Waals surface area contributed by atoms with Crippen molar-refractivity contribution in [1.29, 1.82) is 0 Å². The molecule has 1 atom stereocenters. The molecule has 2 aliphatic rings. The first-order chi connectivity index (χ1) is 13.2. The van der Waals surface area contributed by atoms with Crippen molar-refractivity contribution in [2.24, 2.45) is 0 Å². The first-order valence-corrected chi connectivity index (χ1v) is 8.81. The number of rotatable bonds is 3. The van der Waals surface area contributed by atoms with Crippen LogP contribution in [-0.2, 0) is 17.4 Å². The van der Waals surface area contributed by atoms with Gasteiger partial charge >= 0.3 is 12.2 Å². The molecule has 0 spiro atoms. The first kappa shape index (κ1) is 18.3. The minimum atomic E-state index is -4.39. The molecule has 1 heterocycles. The van der Waals surface area contributed by atoms with E-state index in [0.29, 0.717) is 23.5 Å². The summed E-state index contributed by atoms with van der Waals surface area (Å²) in [6.07, 6.45) is -2.96. The second kappa shape index (κ2) is 6.54. The van der Waals surface area contributed by atoms with Gasteiger partial charge in [-0.05, 0) is 66.8 Å². The van der Waals surface area contributed by atoms with Gasteiger partial charge in [0.05, 0.1) is 11.6 Å². The lowest BCUT2D eigenvalue weighted by Crippen LogP contribution is -2.31. The number of amides is 3. The Morgan fingerprint density at radius 3 is 2.57 bits per heavy atom. The van der Waals surface area contributed by atoms with Crippen LogP contribution in [0.1, 0.15) is 34.7 Å². The zero-order valence-corrected chi connectivity index (χ0v) is 15.0. The van der Waals surface area contributed by atoms with Gasteiger partial charge < -0.3 is 9.64 Å². The van der Waals surface area contributed by atoms with Gasteiger partial charge in [0.2, 0.25) is 5.91 Å².